The molecule has 0 saturated carbocycles. The number of hydrogen-bond acceptors (Lipinski definition) is 12. The summed E-state index contributed by atoms with van der Waals surface area (Å²) < 4.78 is 64.1. The Morgan fingerprint density at radius 1 is 0.457 bits per heavy atom. The summed E-state index contributed by atoms with van der Waals surface area (Å²) >= 11 is 0. The van der Waals surface area contributed by atoms with Crippen LogP contribution in [-0.2, 0) is 46.6 Å². The zero-order chi connectivity index (χ0) is 37.1. The Kier molecular flexibility index (Phi) is 16.5. The molecule has 0 aromatic rings. The lowest BCUT2D eigenvalue weighted by atomic mass is 10.7. The van der Waals surface area contributed by atoms with Crippen molar-refractivity contribution in [3.8, 4) is 0 Å². The molecule has 0 saturated heterocycles. The van der Waals surface area contributed by atoms with Crippen molar-refractivity contribution in [1.29, 1.82) is 0 Å². The maximum atomic E-state index is 11.6. The highest BCUT2D eigenvalue weighted by Gasteiger charge is 2.50. The molecule has 0 unspecified atom stereocenters. The van der Waals surface area contributed by atoms with Gasteiger partial charge in [0.2, 0.25) is 8.32 Å². The average Bonchev–Trinajstić information content (AvgIpc) is 2.61. The smallest absolute Gasteiger partial charge is 0.329 e. The van der Waals surface area contributed by atoms with Crippen molar-refractivity contribution in [3.05, 3.63) is 12.7 Å². The molecule has 0 aromatic carbocycles. The van der Waals surface area contributed by atoms with E-state index in [1.807, 2.05) is 118 Å². The minimum absolute atomic E-state index is 0.220. The van der Waals surface area contributed by atoms with Gasteiger partial charge in [-0.2, -0.15) is 0 Å². The number of hydrogen-bond donors (Lipinski definition) is 1. The Hall–Kier alpha value is 0.979. The fourth-order valence-electron chi connectivity index (χ4n) is 5.91. The zero-order valence-electron chi connectivity index (χ0n) is 32.4. The molecule has 0 fully saturated rings. The monoisotopic (exact) mass is 826 g/mol. The van der Waals surface area contributed by atoms with Crippen molar-refractivity contribution in [2.75, 3.05) is 6.23 Å². The van der Waals surface area contributed by atoms with Crippen LogP contribution in [0, 0.1) is 0 Å². The minimum atomic E-state index is -2.75. The Balaban J connectivity index is 5.47. The Bertz CT molecular complexity index is 1030. The number of rotatable bonds is 21. The normalized spacial score (nSPS) is 15.2. The van der Waals surface area contributed by atoms with Crippen LogP contribution in [0.3, 0.4) is 0 Å². The van der Waals surface area contributed by atoms with E-state index in [9.17, 15) is 9.59 Å². The molecular formula is C24H66O12Si10. The van der Waals surface area contributed by atoms with E-state index in [1.165, 1.54) is 0 Å². The van der Waals surface area contributed by atoms with Crippen LogP contribution < -0.4 is 0 Å². The molecule has 0 radical (unpaired) electrons. The first kappa shape index (κ1) is 47.0. The van der Waals surface area contributed by atoms with E-state index in [1.54, 1.807) is 13.1 Å². The van der Waals surface area contributed by atoms with Gasteiger partial charge in [-0.05, 0) is 131 Å². The summed E-state index contributed by atoms with van der Waals surface area (Å²) in [6.07, 6.45) is 1.37. The second-order valence-corrected chi connectivity index (χ2v) is 52.6. The molecular weight excluding hydrogens is 761 g/mol. The molecule has 12 nitrogen and oxygen atoms in total. The molecule has 0 amide bonds. The van der Waals surface area contributed by atoms with E-state index in [-0.39, 0.29) is 6.23 Å². The predicted molar refractivity (Wildman–Crippen MR) is 208 cm³/mol. The molecule has 1 N–H and O–H groups in total. The lowest BCUT2D eigenvalue weighted by Crippen LogP contribution is -2.62. The quantitative estimate of drug-likeness (QED) is 0.0733. The lowest BCUT2D eigenvalue weighted by Gasteiger charge is -2.44. The summed E-state index contributed by atoms with van der Waals surface area (Å²) in [5, 5.41) is 0. The summed E-state index contributed by atoms with van der Waals surface area (Å²) in [6.45, 7) is 42.9. The second-order valence-electron chi connectivity index (χ2n) is 16.1. The van der Waals surface area contributed by atoms with E-state index in [0.29, 0.717) is 0 Å². The Morgan fingerprint density at radius 2 is 0.674 bits per heavy atom. The molecule has 0 rings (SSSR count). The molecule has 0 aromatic heterocycles. The highest BCUT2D eigenvalue weighted by atomic mass is 28.5. The van der Waals surface area contributed by atoms with E-state index in [2.05, 4.69) is 6.58 Å². The SMILES string of the molecule is C=CC(=O)OC[Si](C)(C)O[Si](C)(C)O[Si](C)(C)O[Si](C)(C)O[Si](C)(C)O[Si](C)(C)O[Si](C)(C)O[Si](C)(C)O[Si](C)(C)O[Si](C)(C)O. The number of carbonyl (C=O) groups is 1. The largest absolute Gasteiger partial charge is 0.463 e. The first-order chi connectivity index (χ1) is 19.8. The van der Waals surface area contributed by atoms with E-state index in [4.69, 9.17) is 41.8 Å². The van der Waals surface area contributed by atoms with Crippen molar-refractivity contribution in [2.24, 2.45) is 0 Å². The van der Waals surface area contributed by atoms with Crippen molar-refractivity contribution in [1.82, 2.24) is 0 Å². The highest BCUT2D eigenvalue weighted by Crippen LogP contribution is 2.30. The molecule has 0 atom stereocenters. The molecule has 0 aliphatic carbocycles. The fraction of sp³-hybridized carbons (Fsp3) is 0.875. The van der Waals surface area contributed by atoms with Crippen LogP contribution >= 0.6 is 0 Å². The van der Waals surface area contributed by atoms with Gasteiger partial charge < -0.3 is 46.6 Å². The minimum Gasteiger partial charge on any atom is -0.463 e. The third kappa shape index (κ3) is 21.9. The molecule has 0 spiro atoms. The summed E-state index contributed by atoms with van der Waals surface area (Å²) in [5.41, 5.74) is 0. The molecule has 0 aliphatic heterocycles. The average molecular weight is 828 g/mol. The van der Waals surface area contributed by atoms with Crippen LogP contribution in [0.1, 0.15) is 0 Å². The van der Waals surface area contributed by atoms with Crippen molar-refractivity contribution in [3.63, 3.8) is 0 Å². The van der Waals surface area contributed by atoms with Crippen LogP contribution in [-0.4, -0.2) is 102 Å². The molecule has 274 valence electrons. The molecule has 46 heavy (non-hydrogen) atoms. The van der Waals surface area contributed by atoms with Crippen molar-refractivity contribution < 1.29 is 51.4 Å². The van der Waals surface area contributed by atoms with Crippen molar-refractivity contribution in [2.45, 2.75) is 131 Å². The van der Waals surface area contributed by atoms with Crippen LogP contribution in [0.2, 0.25) is 131 Å². The molecule has 22 heteroatoms. The van der Waals surface area contributed by atoms with E-state index < -0.39 is 91.3 Å². The maximum Gasteiger partial charge on any atom is 0.329 e. The Labute approximate surface area is 291 Å². The lowest BCUT2D eigenvalue weighted by molar-refractivity contribution is -0.136. The zero-order valence-corrected chi connectivity index (χ0v) is 42.4. The van der Waals surface area contributed by atoms with E-state index >= 15 is 0 Å². The van der Waals surface area contributed by atoms with Crippen LogP contribution in [0.4, 0.5) is 0 Å². The third-order valence-corrected chi connectivity index (χ3v) is 41.7. The Morgan fingerprint density at radius 3 is 0.891 bits per heavy atom. The summed E-state index contributed by atoms with van der Waals surface area (Å²) in [6, 6.07) is 0. The van der Waals surface area contributed by atoms with Gasteiger partial charge >= 0.3 is 83.0 Å². The summed E-state index contributed by atoms with van der Waals surface area (Å²) in [4.78, 5) is 21.9. The summed E-state index contributed by atoms with van der Waals surface area (Å²) in [5.74, 6) is -0.461. The highest BCUT2D eigenvalue weighted by molar-refractivity contribution is 6.93. The van der Waals surface area contributed by atoms with Crippen molar-refractivity contribution >= 4 is 91.3 Å². The predicted octanol–water partition coefficient (Wildman–Crippen LogP) is 6.92. The van der Waals surface area contributed by atoms with Crippen LogP contribution in [0.5, 0.6) is 0 Å². The number of esters is 1. The number of carbonyl (C=O) groups excluding carboxylic acids is 1. The van der Waals surface area contributed by atoms with Gasteiger partial charge in [0.15, 0.2) is 0 Å². The van der Waals surface area contributed by atoms with Gasteiger partial charge in [0, 0.05) is 6.08 Å². The van der Waals surface area contributed by atoms with Gasteiger partial charge in [-0.15, -0.1) is 0 Å². The standard InChI is InChI=1S/C24H66O12Si10/c1-22-24(25)27-23-37(2,3)28-39(6,7)30-41(10,11)32-43(14,15)34-45(18,19)36-46(20,21)35-44(16,17)33-42(12,13)31-40(8,9)29-38(4,5)26/h22,26H,1,23H2,2-21H3. The number of ether oxygens (including phenoxy) is 1. The second kappa shape index (κ2) is 16.1. The fourth-order valence-corrected chi connectivity index (χ4v) is 54.3. The first-order valence-electron chi connectivity index (χ1n) is 15.6. The molecule has 0 bridgehead atoms. The van der Waals surface area contributed by atoms with Gasteiger partial charge in [-0.3, -0.25) is 0 Å². The topological polar surface area (TPSA) is 130 Å². The van der Waals surface area contributed by atoms with Gasteiger partial charge in [0.1, 0.15) is 6.23 Å². The van der Waals surface area contributed by atoms with Gasteiger partial charge in [-0.1, -0.05) is 6.58 Å². The molecule has 0 heterocycles. The third-order valence-electron chi connectivity index (χ3n) is 5.19. The van der Waals surface area contributed by atoms with Crippen LogP contribution in [0.15, 0.2) is 12.7 Å². The molecule has 0 aliphatic rings. The maximum absolute atomic E-state index is 11.6. The van der Waals surface area contributed by atoms with E-state index in [0.717, 1.165) is 6.08 Å². The van der Waals surface area contributed by atoms with Gasteiger partial charge in [-0.25, -0.2) is 4.79 Å². The first-order valence-corrected chi connectivity index (χ1v) is 44.1. The van der Waals surface area contributed by atoms with Gasteiger partial charge in [0.25, 0.3) is 0 Å². The summed E-state index contributed by atoms with van der Waals surface area (Å²) in [7, 11) is -26.6. The van der Waals surface area contributed by atoms with Gasteiger partial charge in [0.05, 0.1) is 0 Å². The van der Waals surface area contributed by atoms with Crippen LogP contribution in [0.25, 0.3) is 0 Å².